The Kier molecular flexibility index (Phi) is 5.39. The van der Waals surface area contributed by atoms with Gasteiger partial charge < -0.3 is 9.13 Å². The van der Waals surface area contributed by atoms with Crippen molar-refractivity contribution in [2.45, 2.75) is 0 Å². The third-order valence-corrected chi connectivity index (χ3v) is 15.0. The smallest absolute Gasteiger partial charge is 0.220 e. The summed E-state index contributed by atoms with van der Waals surface area (Å²) in [6.07, 6.45) is 0. The first-order valence-corrected chi connectivity index (χ1v) is 22.8. The summed E-state index contributed by atoms with van der Waals surface area (Å²) in [5.41, 5.74) is -3.65. The summed E-state index contributed by atoms with van der Waals surface area (Å²) < 4.78 is 173. The van der Waals surface area contributed by atoms with Crippen LogP contribution in [0.15, 0.2) is 206 Å². The van der Waals surface area contributed by atoms with E-state index in [4.69, 9.17) is 11.0 Å². The first-order valence-electron chi connectivity index (χ1n) is 30.1. The average Bonchev–Trinajstić information content (AvgIpc) is 1.65. The van der Waals surface area contributed by atoms with Crippen LogP contribution in [0.5, 0.6) is 0 Å². The van der Waals surface area contributed by atoms with E-state index < -0.39 is 170 Å². The lowest BCUT2D eigenvalue weighted by molar-refractivity contribution is 1.14. The Hall–Kier alpha value is -8.78. The molecule has 0 fully saturated rings. The second-order valence-electron chi connectivity index (χ2n) is 16.0. The number of aromatic nitrogens is 2. The molecule has 0 aliphatic carbocycles. The fourth-order valence-corrected chi connectivity index (χ4v) is 12.3. The van der Waals surface area contributed by atoms with Gasteiger partial charge in [0.25, 0.3) is 0 Å². The SMILES string of the molecule is [2H]c1c([2H])c([2H])c(-c2c(C#N)c(-n3c4c(ccc5c6ccccc6sc54)c4ccc5c6cc(-c7ccccc7)ccc6sc5c43)c(-c3c([2H])c([2H])c([2H])c([2H])c3[2H])c(-n3c4c([2H])c([2H])c([2H])c([2H])c4c4c([2H])c([2H])c([2H])c([2H])c43)c2[N+]#[C-])c([2H])c1[2H]. The molecule has 0 amide bonds. The summed E-state index contributed by atoms with van der Waals surface area (Å²) in [7, 11) is 0. The van der Waals surface area contributed by atoms with Crippen molar-refractivity contribution in [2.75, 3.05) is 0 Å². The zero-order chi connectivity index (χ0) is 60.7. The van der Waals surface area contributed by atoms with Gasteiger partial charge in [0.15, 0.2) is 0 Å². The Morgan fingerprint density at radius 2 is 1.00 bits per heavy atom. The summed E-state index contributed by atoms with van der Waals surface area (Å²) in [6, 6.07) is 17.9. The van der Waals surface area contributed by atoms with E-state index in [0.29, 0.717) is 36.6 Å². The van der Waals surface area contributed by atoms with Crippen molar-refractivity contribution in [3.63, 3.8) is 0 Å². The maximum absolute atomic E-state index is 12.4. The molecule has 0 saturated carbocycles. The number of rotatable bonds is 5. The molecule has 0 radical (unpaired) electrons. The molecule has 0 aliphatic heterocycles. The van der Waals surface area contributed by atoms with Crippen LogP contribution in [-0.4, -0.2) is 9.13 Å². The van der Waals surface area contributed by atoms with Crippen molar-refractivity contribution < 1.29 is 24.7 Å². The Morgan fingerprint density at radius 1 is 0.456 bits per heavy atom. The van der Waals surface area contributed by atoms with Crippen LogP contribution in [0.2, 0.25) is 0 Å². The van der Waals surface area contributed by atoms with E-state index in [-0.39, 0.29) is 5.69 Å². The summed E-state index contributed by atoms with van der Waals surface area (Å²) in [6.45, 7) is 9.36. The first-order chi connectivity index (χ1) is 41.2. The standard InChI is InChI=1S/C62H34N4S2/c1-64-56-54(38-19-7-3-8-20-38)49(36-63)57(55(39-21-9-4-10-22-39)60(56)65-50-26-14-11-23-41(50)42-24-12-15-27-51(42)65)66-58-44(30-32-46-43-25-13-16-28-52(43)67-61(46)58)45-31-33-47-48-35-40(37-17-5-2-6-18-37)29-34-53(48)68-62(47)59(45)66/h2-35H/i3D,4D,7D,8D,9D,10D,11D,12D,14D,15D,19D,20D,21D,22D,23D,24D,26D,27D. The molecule has 6 heteroatoms. The van der Waals surface area contributed by atoms with Crippen molar-refractivity contribution in [3.8, 4) is 50.8 Å². The third-order valence-electron chi connectivity index (χ3n) is 12.6. The zero-order valence-electron chi connectivity index (χ0n) is 52.8. The molecule has 4 aromatic heterocycles. The van der Waals surface area contributed by atoms with E-state index in [1.165, 1.54) is 22.7 Å². The zero-order valence-corrected chi connectivity index (χ0v) is 36.5. The number of para-hydroxylation sites is 2. The highest BCUT2D eigenvalue weighted by Gasteiger charge is 2.33. The summed E-state index contributed by atoms with van der Waals surface area (Å²) in [4.78, 5) is 4.02. The van der Waals surface area contributed by atoms with Crippen LogP contribution in [0.1, 0.15) is 30.2 Å². The van der Waals surface area contributed by atoms with Gasteiger partial charge in [-0.1, -0.05) is 176 Å². The van der Waals surface area contributed by atoms with Gasteiger partial charge in [-0.25, -0.2) is 4.85 Å². The fraction of sp³-hybridized carbons (Fsp3) is 0. The van der Waals surface area contributed by atoms with Gasteiger partial charge in [-0.15, -0.1) is 22.7 Å². The van der Waals surface area contributed by atoms with E-state index in [1.807, 2.05) is 91.0 Å². The largest absolute Gasteiger partial charge is 0.318 e. The first kappa shape index (κ1) is 24.7. The van der Waals surface area contributed by atoms with Crippen LogP contribution in [0.4, 0.5) is 5.69 Å². The predicted molar refractivity (Wildman–Crippen MR) is 288 cm³/mol. The van der Waals surface area contributed by atoms with Gasteiger partial charge in [0, 0.05) is 63.6 Å². The maximum atomic E-state index is 12.4. The van der Waals surface area contributed by atoms with Gasteiger partial charge in [-0.2, -0.15) is 5.26 Å². The highest BCUT2D eigenvalue weighted by atomic mass is 32.1. The van der Waals surface area contributed by atoms with Crippen molar-refractivity contribution in [2.24, 2.45) is 0 Å². The molecule has 0 N–H and O–H groups in total. The van der Waals surface area contributed by atoms with Gasteiger partial charge >= 0.3 is 0 Å². The van der Waals surface area contributed by atoms with Crippen LogP contribution in [0, 0.1) is 17.9 Å². The summed E-state index contributed by atoms with van der Waals surface area (Å²) >= 11 is 2.76. The van der Waals surface area contributed by atoms with Gasteiger partial charge in [0.2, 0.25) is 5.69 Å². The minimum Gasteiger partial charge on any atom is -0.318 e. The highest BCUT2D eigenvalue weighted by molar-refractivity contribution is 7.27. The van der Waals surface area contributed by atoms with E-state index in [0.717, 1.165) is 41.3 Å². The Balaban J connectivity index is 1.38. The van der Waals surface area contributed by atoms with Crippen LogP contribution in [-0.2, 0) is 0 Å². The molecule has 14 rings (SSSR count). The molecule has 0 bridgehead atoms. The van der Waals surface area contributed by atoms with Gasteiger partial charge in [-0.3, -0.25) is 0 Å². The lowest BCUT2D eigenvalue weighted by atomic mass is 9.88. The Bertz CT molecular complexity index is 5480. The lowest BCUT2D eigenvalue weighted by Gasteiger charge is -2.26. The molecule has 0 unspecified atom stereocenters. The van der Waals surface area contributed by atoms with E-state index in [9.17, 15) is 25.5 Å². The summed E-state index contributed by atoms with van der Waals surface area (Å²) in [5.74, 6) is 0. The molecule has 0 aliphatic rings. The second kappa shape index (κ2) is 14.9. The molecular weight excluding hydrogens is 865 g/mol. The van der Waals surface area contributed by atoms with Gasteiger partial charge in [0.1, 0.15) is 6.07 Å². The van der Waals surface area contributed by atoms with E-state index in [1.54, 1.807) is 4.57 Å². The minimum atomic E-state index is -0.897. The molecule has 0 saturated heterocycles. The third kappa shape index (κ3) is 5.39. The number of nitrogens with zero attached hydrogens (tertiary/aromatic N) is 4. The van der Waals surface area contributed by atoms with E-state index in [2.05, 4.69) is 17.0 Å². The highest BCUT2D eigenvalue weighted by Crippen LogP contribution is 2.54. The monoisotopic (exact) mass is 916 g/mol. The van der Waals surface area contributed by atoms with Crippen molar-refractivity contribution in [1.82, 2.24) is 9.13 Å². The van der Waals surface area contributed by atoms with Crippen LogP contribution >= 0.6 is 22.7 Å². The predicted octanol–water partition coefficient (Wildman–Crippen LogP) is 18.0. The van der Waals surface area contributed by atoms with Gasteiger partial charge in [-0.05, 0) is 52.5 Å². The number of nitriles is 1. The number of hydrogen-bond donors (Lipinski definition) is 0. The number of fused-ring (bicyclic) bond motifs is 14. The average molecular weight is 917 g/mol. The fourth-order valence-electron chi connectivity index (χ4n) is 9.87. The molecule has 314 valence electrons. The molecule has 0 atom stereocenters. The number of hydrogen-bond acceptors (Lipinski definition) is 3. The molecular formula is C62H34N4S2. The Morgan fingerprint density at radius 3 is 1.63 bits per heavy atom. The molecule has 68 heavy (non-hydrogen) atoms. The normalized spacial score (nSPS) is 15.5. The summed E-state index contributed by atoms with van der Waals surface area (Å²) in [5, 5.41) is 15.7. The topological polar surface area (TPSA) is 38.0 Å². The van der Waals surface area contributed by atoms with Crippen LogP contribution < -0.4 is 0 Å². The number of benzene rings is 10. The van der Waals surface area contributed by atoms with Crippen molar-refractivity contribution in [3.05, 3.63) is 223 Å². The molecule has 4 heterocycles. The quantitative estimate of drug-likeness (QED) is 0.159. The van der Waals surface area contributed by atoms with Gasteiger partial charge in [0.05, 0.1) is 79.7 Å². The molecule has 10 aromatic carbocycles. The minimum absolute atomic E-state index is 0.370. The molecule has 14 aromatic rings. The van der Waals surface area contributed by atoms with Crippen molar-refractivity contribution in [1.29, 1.82) is 5.26 Å². The lowest BCUT2D eigenvalue weighted by Crippen LogP contribution is -2.09. The molecule has 4 nitrogen and oxygen atoms in total. The van der Waals surface area contributed by atoms with E-state index >= 15 is 0 Å². The second-order valence-corrected chi connectivity index (χ2v) is 18.1. The van der Waals surface area contributed by atoms with Crippen LogP contribution in [0.25, 0.3) is 134 Å². The Labute approximate surface area is 423 Å². The number of thiophene rings is 2. The van der Waals surface area contributed by atoms with Crippen LogP contribution in [0.3, 0.4) is 0 Å². The molecule has 0 spiro atoms. The van der Waals surface area contributed by atoms with Crippen molar-refractivity contribution >= 4 is 112 Å². The maximum Gasteiger partial charge on any atom is 0.220 e.